The SMILES string of the molecule is C=CCNC(=O)C1CCN(C(=O)CC)CC1. The Morgan fingerprint density at radius 2 is 2.06 bits per heavy atom. The zero-order valence-corrected chi connectivity index (χ0v) is 9.87. The fraction of sp³-hybridized carbons (Fsp3) is 0.667. The number of carbonyl (C=O) groups excluding carboxylic acids is 2. The summed E-state index contributed by atoms with van der Waals surface area (Å²) in [6.07, 6.45) is 3.77. The van der Waals surface area contributed by atoms with Gasteiger partial charge in [0.05, 0.1) is 0 Å². The average molecular weight is 224 g/mol. The monoisotopic (exact) mass is 224 g/mol. The van der Waals surface area contributed by atoms with E-state index in [0.717, 1.165) is 12.8 Å². The van der Waals surface area contributed by atoms with Crippen LogP contribution in [0.3, 0.4) is 0 Å². The molecule has 1 aliphatic rings. The molecule has 1 fully saturated rings. The van der Waals surface area contributed by atoms with E-state index in [4.69, 9.17) is 0 Å². The number of rotatable bonds is 4. The van der Waals surface area contributed by atoms with Crippen molar-refractivity contribution in [1.82, 2.24) is 10.2 Å². The number of carbonyl (C=O) groups is 2. The zero-order valence-electron chi connectivity index (χ0n) is 9.87. The first-order valence-corrected chi connectivity index (χ1v) is 5.85. The summed E-state index contributed by atoms with van der Waals surface area (Å²) in [6.45, 7) is 7.36. The molecule has 1 heterocycles. The largest absolute Gasteiger partial charge is 0.352 e. The van der Waals surface area contributed by atoms with Gasteiger partial charge in [-0.25, -0.2) is 0 Å². The minimum Gasteiger partial charge on any atom is -0.352 e. The van der Waals surface area contributed by atoms with Gasteiger partial charge in [0.15, 0.2) is 0 Å². The van der Waals surface area contributed by atoms with Crippen LogP contribution in [0.4, 0.5) is 0 Å². The second-order valence-corrected chi connectivity index (χ2v) is 4.04. The first-order valence-electron chi connectivity index (χ1n) is 5.85. The van der Waals surface area contributed by atoms with Crippen LogP contribution in [0.25, 0.3) is 0 Å². The molecule has 1 saturated heterocycles. The molecular weight excluding hydrogens is 204 g/mol. The molecule has 2 amide bonds. The fourth-order valence-corrected chi connectivity index (χ4v) is 1.93. The van der Waals surface area contributed by atoms with E-state index in [9.17, 15) is 9.59 Å². The van der Waals surface area contributed by atoms with Crippen LogP contribution in [0.2, 0.25) is 0 Å². The highest BCUT2D eigenvalue weighted by Gasteiger charge is 2.26. The van der Waals surface area contributed by atoms with E-state index in [1.807, 2.05) is 11.8 Å². The van der Waals surface area contributed by atoms with Gasteiger partial charge in [-0.15, -0.1) is 6.58 Å². The van der Waals surface area contributed by atoms with Crippen molar-refractivity contribution in [3.8, 4) is 0 Å². The van der Waals surface area contributed by atoms with Gasteiger partial charge in [-0.05, 0) is 12.8 Å². The normalized spacial score (nSPS) is 16.9. The number of nitrogens with zero attached hydrogens (tertiary/aromatic N) is 1. The van der Waals surface area contributed by atoms with E-state index in [1.165, 1.54) is 0 Å². The van der Waals surface area contributed by atoms with Crippen LogP contribution in [0, 0.1) is 5.92 Å². The van der Waals surface area contributed by atoms with Gasteiger partial charge in [-0.1, -0.05) is 13.0 Å². The summed E-state index contributed by atoms with van der Waals surface area (Å²) in [5.74, 6) is 0.328. The average Bonchev–Trinajstić information content (AvgIpc) is 2.35. The van der Waals surface area contributed by atoms with Crippen molar-refractivity contribution >= 4 is 11.8 Å². The predicted octanol–water partition coefficient (Wildman–Crippen LogP) is 0.937. The standard InChI is InChI=1S/C12H20N2O2/c1-3-7-13-12(16)10-5-8-14(9-6-10)11(15)4-2/h3,10H,1,4-9H2,2H3,(H,13,16). The van der Waals surface area contributed by atoms with Crippen LogP contribution in [-0.4, -0.2) is 36.3 Å². The lowest BCUT2D eigenvalue weighted by atomic mass is 9.96. The lowest BCUT2D eigenvalue weighted by molar-refractivity contribution is -0.135. The molecule has 0 unspecified atom stereocenters. The molecule has 1 rings (SSSR count). The third-order valence-electron chi connectivity index (χ3n) is 2.94. The van der Waals surface area contributed by atoms with E-state index in [1.54, 1.807) is 6.08 Å². The van der Waals surface area contributed by atoms with Crippen molar-refractivity contribution in [2.75, 3.05) is 19.6 Å². The number of hydrogen-bond acceptors (Lipinski definition) is 2. The molecule has 0 aliphatic carbocycles. The van der Waals surface area contributed by atoms with E-state index in [0.29, 0.717) is 26.1 Å². The van der Waals surface area contributed by atoms with Crippen molar-refractivity contribution in [3.63, 3.8) is 0 Å². The van der Waals surface area contributed by atoms with Crippen molar-refractivity contribution in [2.45, 2.75) is 26.2 Å². The van der Waals surface area contributed by atoms with Gasteiger partial charge in [0.2, 0.25) is 11.8 Å². The first kappa shape index (κ1) is 12.7. The topological polar surface area (TPSA) is 49.4 Å². The minimum absolute atomic E-state index is 0.0563. The highest BCUT2D eigenvalue weighted by Crippen LogP contribution is 2.17. The molecule has 0 atom stereocenters. The molecule has 1 aliphatic heterocycles. The third-order valence-corrected chi connectivity index (χ3v) is 2.94. The van der Waals surface area contributed by atoms with Crippen LogP contribution < -0.4 is 5.32 Å². The minimum atomic E-state index is 0.0563. The lowest BCUT2D eigenvalue weighted by Gasteiger charge is -2.31. The van der Waals surface area contributed by atoms with Crippen LogP contribution >= 0.6 is 0 Å². The fourth-order valence-electron chi connectivity index (χ4n) is 1.93. The van der Waals surface area contributed by atoms with Crippen molar-refractivity contribution in [3.05, 3.63) is 12.7 Å². The Labute approximate surface area is 96.7 Å². The second kappa shape index (κ2) is 6.30. The molecular formula is C12H20N2O2. The number of piperidine rings is 1. The molecule has 0 aromatic carbocycles. The second-order valence-electron chi connectivity index (χ2n) is 4.04. The van der Waals surface area contributed by atoms with E-state index in [2.05, 4.69) is 11.9 Å². The van der Waals surface area contributed by atoms with Crippen LogP contribution in [0.5, 0.6) is 0 Å². The summed E-state index contributed by atoms with van der Waals surface area (Å²) in [5, 5.41) is 2.80. The third kappa shape index (κ3) is 3.36. The highest BCUT2D eigenvalue weighted by molar-refractivity contribution is 5.80. The maximum absolute atomic E-state index is 11.6. The molecule has 0 aromatic heterocycles. The van der Waals surface area contributed by atoms with Crippen LogP contribution in [0.1, 0.15) is 26.2 Å². The van der Waals surface area contributed by atoms with E-state index < -0.39 is 0 Å². The Morgan fingerprint density at radius 3 is 2.56 bits per heavy atom. The molecule has 16 heavy (non-hydrogen) atoms. The van der Waals surface area contributed by atoms with Gasteiger partial charge in [0.25, 0.3) is 0 Å². The Bertz CT molecular complexity index is 268. The molecule has 4 heteroatoms. The summed E-state index contributed by atoms with van der Waals surface area (Å²) >= 11 is 0. The molecule has 4 nitrogen and oxygen atoms in total. The molecule has 90 valence electrons. The molecule has 1 N–H and O–H groups in total. The molecule has 0 saturated carbocycles. The molecule has 0 bridgehead atoms. The Hall–Kier alpha value is -1.32. The first-order chi connectivity index (χ1) is 7.69. The number of hydrogen-bond donors (Lipinski definition) is 1. The van der Waals surface area contributed by atoms with Crippen LogP contribution in [-0.2, 0) is 9.59 Å². The molecule has 0 radical (unpaired) electrons. The summed E-state index contributed by atoms with van der Waals surface area (Å²) in [6, 6.07) is 0. The molecule has 0 aromatic rings. The van der Waals surface area contributed by atoms with Gasteiger partial charge >= 0.3 is 0 Å². The van der Waals surface area contributed by atoms with Gasteiger partial charge in [-0.3, -0.25) is 9.59 Å². The van der Waals surface area contributed by atoms with Crippen molar-refractivity contribution in [2.24, 2.45) is 5.92 Å². The Balaban J connectivity index is 2.33. The van der Waals surface area contributed by atoms with E-state index in [-0.39, 0.29) is 17.7 Å². The zero-order chi connectivity index (χ0) is 12.0. The van der Waals surface area contributed by atoms with Gasteiger partial charge in [-0.2, -0.15) is 0 Å². The lowest BCUT2D eigenvalue weighted by Crippen LogP contribution is -2.42. The van der Waals surface area contributed by atoms with Crippen LogP contribution in [0.15, 0.2) is 12.7 Å². The van der Waals surface area contributed by atoms with Crippen molar-refractivity contribution < 1.29 is 9.59 Å². The Kier molecular flexibility index (Phi) is 5.02. The number of amides is 2. The maximum Gasteiger partial charge on any atom is 0.223 e. The predicted molar refractivity (Wildman–Crippen MR) is 62.8 cm³/mol. The highest BCUT2D eigenvalue weighted by atomic mass is 16.2. The number of likely N-dealkylation sites (tertiary alicyclic amines) is 1. The van der Waals surface area contributed by atoms with Gasteiger partial charge in [0.1, 0.15) is 0 Å². The summed E-state index contributed by atoms with van der Waals surface area (Å²) < 4.78 is 0. The van der Waals surface area contributed by atoms with E-state index >= 15 is 0 Å². The smallest absolute Gasteiger partial charge is 0.223 e. The molecule has 0 spiro atoms. The maximum atomic E-state index is 11.6. The Morgan fingerprint density at radius 1 is 1.44 bits per heavy atom. The van der Waals surface area contributed by atoms with Crippen molar-refractivity contribution in [1.29, 1.82) is 0 Å². The summed E-state index contributed by atoms with van der Waals surface area (Å²) in [5.41, 5.74) is 0. The quantitative estimate of drug-likeness (QED) is 0.722. The van der Waals surface area contributed by atoms with Gasteiger partial charge in [0, 0.05) is 32.0 Å². The van der Waals surface area contributed by atoms with Gasteiger partial charge < -0.3 is 10.2 Å². The number of nitrogens with one attached hydrogen (secondary N) is 1. The summed E-state index contributed by atoms with van der Waals surface area (Å²) in [4.78, 5) is 24.9. The summed E-state index contributed by atoms with van der Waals surface area (Å²) in [7, 11) is 0.